The maximum atomic E-state index is 12.6. The van der Waals surface area contributed by atoms with Crippen LogP contribution in [0.25, 0.3) is 0 Å². The molecule has 1 atom stereocenters. The Morgan fingerprint density at radius 2 is 1.90 bits per heavy atom. The van der Waals surface area contributed by atoms with Crippen molar-refractivity contribution >= 4 is 0 Å². The SMILES string of the molecule is CC(C)(C)c1ccc(CC(F)(F)F)cc1C1CCCN1. The molecule has 112 valence electrons. The van der Waals surface area contributed by atoms with Crippen LogP contribution in [0.5, 0.6) is 0 Å². The Morgan fingerprint density at radius 3 is 2.40 bits per heavy atom. The van der Waals surface area contributed by atoms with Crippen LogP contribution >= 0.6 is 0 Å². The summed E-state index contributed by atoms with van der Waals surface area (Å²) >= 11 is 0. The molecular formula is C16H22F3N. The van der Waals surface area contributed by atoms with E-state index >= 15 is 0 Å². The lowest BCUT2D eigenvalue weighted by Gasteiger charge is -2.27. The first-order valence-corrected chi connectivity index (χ1v) is 7.10. The Morgan fingerprint density at radius 1 is 1.20 bits per heavy atom. The molecule has 1 nitrogen and oxygen atoms in total. The van der Waals surface area contributed by atoms with Crippen LogP contribution in [0.3, 0.4) is 0 Å². The molecule has 2 rings (SSSR count). The molecule has 0 saturated carbocycles. The zero-order valence-electron chi connectivity index (χ0n) is 12.3. The number of alkyl halides is 3. The molecule has 1 saturated heterocycles. The van der Waals surface area contributed by atoms with Gasteiger partial charge >= 0.3 is 6.18 Å². The molecule has 0 spiro atoms. The van der Waals surface area contributed by atoms with Crippen molar-refractivity contribution < 1.29 is 13.2 Å². The molecule has 1 aromatic rings. The van der Waals surface area contributed by atoms with Crippen LogP contribution in [-0.4, -0.2) is 12.7 Å². The zero-order valence-corrected chi connectivity index (χ0v) is 12.3. The fourth-order valence-electron chi connectivity index (χ4n) is 2.87. The van der Waals surface area contributed by atoms with Gasteiger partial charge in [0, 0.05) is 6.04 Å². The van der Waals surface area contributed by atoms with Crippen molar-refractivity contribution in [1.29, 1.82) is 0 Å². The first kappa shape index (κ1) is 15.4. The second kappa shape index (κ2) is 5.40. The average molecular weight is 285 g/mol. The molecule has 1 unspecified atom stereocenters. The van der Waals surface area contributed by atoms with Gasteiger partial charge in [0.2, 0.25) is 0 Å². The molecule has 1 fully saturated rings. The molecule has 1 heterocycles. The fourth-order valence-corrected chi connectivity index (χ4v) is 2.87. The maximum Gasteiger partial charge on any atom is 0.393 e. The molecule has 0 aliphatic carbocycles. The summed E-state index contributed by atoms with van der Waals surface area (Å²) in [6, 6.07) is 5.43. The third kappa shape index (κ3) is 3.75. The summed E-state index contributed by atoms with van der Waals surface area (Å²) in [6.45, 7) is 7.25. The maximum absolute atomic E-state index is 12.6. The summed E-state index contributed by atoms with van der Waals surface area (Å²) < 4.78 is 37.7. The van der Waals surface area contributed by atoms with Gasteiger partial charge in [0.05, 0.1) is 6.42 Å². The van der Waals surface area contributed by atoms with E-state index in [-0.39, 0.29) is 11.5 Å². The monoisotopic (exact) mass is 285 g/mol. The summed E-state index contributed by atoms with van der Waals surface area (Å²) in [5.41, 5.74) is 2.48. The summed E-state index contributed by atoms with van der Waals surface area (Å²) in [7, 11) is 0. The third-order valence-electron chi connectivity index (χ3n) is 3.76. The topological polar surface area (TPSA) is 12.0 Å². The largest absolute Gasteiger partial charge is 0.393 e. The van der Waals surface area contributed by atoms with Crippen molar-refractivity contribution in [3.05, 3.63) is 34.9 Å². The lowest BCUT2D eigenvalue weighted by molar-refractivity contribution is -0.127. The molecule has 1 aliphatic heterocycles. The molecule has 1 N–H and O–H groups in total. The van der Waals surface area contributed by atoms with E-state index in [1.54, 1.807) is 12.1 Å². The van der Waals surface area contributed by atoms with E-state index in [0.29, 0.717) is 5.56 Å². The number of hydrogen-bond acceptors (Lipinski definition) is 1. The molecule has 0 bridgehead atoms. The van der Waals surface area contributed by atoms with Crippen LogP contribution < -0.4 is 5.32 Å². The van der Waals surface area contributed by atoms with E-state index in [0.717, 1.165) is 30.5 Å². The van der Waals surface area contributed by atoms with E-state index in [1.165, 1.54) is 0 Å². The van der Waals surface area contributed by atoms with E-state index < -0.39 is 12.6 Å². The van der Waals surface area contributed by atoms with Crippen molar-refractivity contribution in [2.45, 2.75) is 57.7 Å². The van der Waals surface area contributed by atoms with Crippen molar-refractivity contribution in [3.63, 3.8) is 0 Å². The minimum atomic E-state index is -4.15. The Bertz CT molecular complexity index is 466. The van der Waals surface area contributed by atoms with Gasteiger partial charge in [-0.15, -0.1) is 0 Å². The third-order valence-corrected chi connectivity index (χ3v) is 3.76. The molecule has 1 aliphatic rings. The van der Waals surface area contributed by atoms with Gasteiger partial charge in [0.15, 0.2) is 0 Å². The van der Waals surface area contributed by atoms with Gasteiger partial charge in [-0.25, -0.2) is 0 Å². The van der Waals surface area contributed by atoms with Gasteiger partial charge in [0.1, 0.15) is 0 Å². The van der Waals surface area contributed by atoms with E-state index in [9.17, 15) is 13.2 Å². The van der Waals surface area contributed by atoms with Gasteiger partial charge in [-0.3, -0.25) is 0 Å². The van der Waals surface area contributed by atoms with Gasteiger partial charge in [-0.1, -0.05) is 39.0 Å². The number of halogens is 3. The highest BCUT2D eigenvalue weighted by molar-refractivity contribution is 5.39. The molecule has 1 aromatic carbocycles. The smallest absolute Gasteiger partial charge is 0.310 e. The van der Waals surface area contributed by atoms with Crippen LogP contribution in [0.2, 0.25) is 0 Å². The van der Waals surface area contributed by atoms with Gasteiger partial charge in [0.25, 0.3) is 0 Å². The number of rotatable bonds is 2. The number of nitrogens with one attached hydrogen (secondary N) is 1. The first-order valence-electron chi connectivity index (χ1n) is 7.10. The Balaban J connectivity index is 2.39. The van der Waals surface area contributed by atoms with Gasteiger partial charge < -0.3 is 5.32 Å². The van der Waals surface area contributed by atoms with Crippen LogP contribution in [0, 0.1) is 0 Å². The van der Waals surface area contributed by atoms with Crippen LogP contribution in [0.15, 0.2) is 18.2 Å². The highest BCUT2D eigenvalue weighted by Gasteiger charge is 2.30. The summed E-state index contributed by atoms with van der Waals surface area (Å²) in [6.07, 6.45) is -2.92. The number of hydrogen-bond donors (Lipinski definition) is 1. The van der Waals surface area contributed by atoms with Gasteiger partial charge in [-0.05, 0) is 41.5 Å². The van der Waals surface area contributed by atoms with E-state index in [4.69, 9.17) is 0 Å². The standard InChI is InChI=1S/C16H22F3N/c1-15(2,3)13-7-6-11(10-16(17,18)19)9-12(13)14-5-4-8-20-14/h6-7,9,14,20H,4-5,8,10H2,1-3H3. The average Bonchev–Trinajstić information content (AvgIpc) is 2.78. The number of benzene rings is 1. The lowest BCUT2D eigenvalue weighted by atomic mass is 9.80. The zero-order chi connectivity index (χ0) is 15.0. The Labute approximate surface area is 118 Å². The highest BCUT2D eigenvalue weighted by atomic mass is 19.4. The Hall–Kier alpha value is -1.03. The normalized spacial score (nSPS) is 20.4. The molecule has 0 aromatic heterocycles. The summed E-state index contributed by atoms with van der Waals surface area (Å²) in [5, 5.41) is 3.39. The second-order valence-corrected chi connectivity index (χ2v) is 6.61. The fraction of sp³-hybridized carbons (Fsp3) is 0.625. The van der Waals surface area contributed by atoms with Crippen molar-refractivity contribution in [2.75, 3.05) is 6.54 Å². The van der Waals surface area contributed by atoms with Crippen molar-refractivity contribution in [2.24, 2.45) is 0 Å². The quantitative estimate of drug-likeness (QED) is 0.842. The summed E-state index contributed by atoms with van der Waals surface area (Å²) in [5.74, 6) is 0. The summed E-state index contributed by atoms with van der Waals surface area (Å²) in [4.78, 5) is 0. The van der Waals surface area contributed by atoms with E-state index in [1.807, 2.05) is 6.07 Å². The molecule has 0 radical (unpaired) electrons. The highest BCUT2D eigenvalue weighted by Crippen LogP contribution is 2.35. The molecule has 20 heavy (non-hydrogen) atoms. The molecule has 0 amide bonds. The molecule has 4 heteroatoms. The minimum absolute atomic E-state index is 0.0592. The minimum Gasteiger partial charge on any atom is -0.310 e. The Kier molecular flexibility index (Phi) is 4.14. The van der Waals surface area contributed by atoms with Crippen molar-refractivity contribution in [3.8, 4) is 0 Å². The van der Waals surface area contributed by atoms with Gasteiger partial charge in [-0.2, -0.15) is 13.2 Å². The van der Waals surface area contributed by atoms with E-state index in [2.05, 4.69) is 26.1 Å². The lowest BCUT2D eigenvalue weighted by Crippen LogP contribution is -2.21. The van der Waals surface area contributed by atoms with Crippen LogP contribution in [-0.2, 0) is 11.8 Å². The predicted octanol–water partition coefficient (Wildman–Crippen LogP) is 4.51. The second-order valence-electron chi connectivity index (χ2n) is 6.61. The predicted molar refractivity (Wildman–Crippen MR) is 74.9 cm³/mol. The van der Waals surface area contributed by atoms with Crippen LogP contribution in [0.1, 0.15) is 56.3 Å². The van der Waals surface area contributed by atoms with Crippen LogP contribution in [0.4, 0.5) is 13.2 Å². The molecular weight excluding hydrogens is 263 g/mol. The first-order chi connectivity index (χ1) is 9.17. The van der Waals surface area contributed by atoms with Crippen molar-refractivity contribution in [1.82, 2.24) is 5.32 Å².